The highest BCUT2D eigenvalue weighted by Gasteiger charge is 2.33. The van der Waals surface area contributed by atoms with Gasteiger partial charge in [-0.15, -0.1) is 0 Å². The molecule has 2 heterocycles. The Labute approximate surface area is 216 Å². The molecule has 0 bridgehead atoms. The number of rotatable bonds is 7. The van der Waals surface area contributed by atoms with Crippen LogP contribution in [0.25, 0.3) is 16.8 Å². The molecule has 0 radical (unpaired) electrons. The van der Waals surface area contributed by atoms with Crippen molar-refractivity contribution < 1.29 is 14.3 Å². The molecule has 1 amide bonds. The minimum absolute atomic E-state index is 0.0126. The maximum atomic E-state index is 13.2. The Kier molecular flexibility index (Phi) is 7.07. The highest BCUT2D eigenvalue weighted by Crippen LogP contribution is 2.25. The molecule has 0 N–H and O–H groups in total. The van der Waals surface area contributed by atoms with Gasteiger partial charge in [0.15, 0.2) is 0 Å². The molecule has 0 aliphatic carbocycles. The maximum Gasteiger partial charge on any atom is 0.252 e. The summed E-state index contributed by atoms with van der Waals surface area (Å²) in [6.07, 6.45) is 3.54. The van der Waals surface area contributed by atoms with Gasteiger partial charge in [0.2, 0.25) is 0 Å². The van der Waals surface area contributed by atoms with Crippen LogP contribution in [0.15, 0.2) is 85.3 Å². The molecule has 1 saturated heterocycles. The summed E-state index contributed by atoms with van der Waals surface area (Å²) in [5.74, 6) is 0.786. The zero-order valence-corrected chi connectivity index (χ0v) is 21.1. The van der Waals surface area contributed by atoms with Crippen molar-refractivity contribution in [1.82, 2.24) is 14.5 Å². The van der Waals surface area contributed by atoms with Crippen molar-refractivity contribution in [2.24, 2.45) is 0 Å². The Bertz CT molecular complexity index is 1350. The summed E-state index contributed by atoms with van der Waals surface area (Å²) in [5.41, 5.74) is 4.97. The number of nitrogens with zero attached hydrogens (tertiary/aromatic N) is 3. The van der Waals surface area contributed by atoms with Gasteiger partial charge in [-0.2, -0.15) is 0 Å². The second kappa shape index (κ2) is 10.6. The third-order valence-electron chi connectivity index (χ3n) is 6.33. The van der Waals surface area contributed by atoms with Crippen molar-refractivity contribution in [1.29, 1.82) is 0 Å². The fourth-order valence-electron chi connectivity index (χ4n) is 4.53. The molecule has 184 valence electrons. The number of aromatic nitrogens is 2. The number of hydrogen-bond acceptors (Lipinski definition) is 4. The van der Waals surface area contributed by atoms with Gasteiger partial charge < -0.3 is 18.9 Å². The summed E-state index contributed by atoms with van der Waals surface area (Å²) in [6, 6.07) is 23.8. The van der Waals surface area contributed by atoms with E-state index in [0.29, 0.717) is 24.5 Å². The molecule has 1 aliphatic heterocycles. The monoisotopic (exact) mass is 501 g/mol. The van der Waals surface area contributed by atoms with Crippen LogP contribution in [0.3, 0.4) is 0 Å². The van der Waals surface area contributed by atoms with Crippen LogP contribution in [-0.4, -0.2) is 46.2 Å². The first-order valence-corrected chi connectivity index (χ1v) is 12.3. The molecule has 6 nitrogen and oxygen atoms in total. The standard InChI is InChI=1S/C29H28ClN3O3/c1-20-16-32(17-21-9-11-27(35-2)12-10-21)29(34)28(36-20)15-25-18-33(19-31-25)26-8-4-6-23(14-26)22-5-3-7-24(30)13-22/h3-14,18-20,28H,15-17H2,1-2H3/t20-,28+/m1/s1. The number of halogens is 1. The van der Waals surface area contributed by atoms with Crippen molar-refractivity contribution >= 4 is 17.5 Å². The van der Waals surface area contributed by atoms with E-state index in [0.717, 1.165) is 33.8 Å². The fourth-order valence-corrected chi connectivity index (χ4v) is 4.72. The number of amides is 1. The summed E-state index contributed by atoms with van der Waals surface area (Å²) < 4.78 is 13.2. The van der Waals surface area contributed by atoms with Crippen molar-refractivity contribution in [3.8, 4) is 22.6 Å². The lowest BCUT2D eigenvalue weighted by molar-refractivity contribution is -0.161. The van der Waals surface area contributed by atoms with E-state index in [2.05, 4.69) is 17.1 Å². The quantitative estimate of drug-likeness (QED) is 0.332. The van der Waals surface area contributed by atoms with Crippen molar-refractivity contribution in [2.45, 2.75) is 32.1 Å². The van der Waals surface area contributed by atoms with E-state index in [4.69, 9.17) is 21.1 Å². The number of ether oxygens (including phenoxy) is 2. The first kappa shape index (κ1) is 24.1. The highest BCUT2D eigenvalue weighted by molar-refractivity contribution is 6.30. The number of carbonyl (C=O) groups is 1. The Morgan fingerprint density at radius 1 is 1.06 bits per heavy atom. The van der Waals surface area contributed by atoms with Crippen molar-refractivity contribution in [3.63, 3.8) is 0 Å². The molecule has 36 heavy (non-hydrogen) atoms. The van der Waals surface area contributed by atoms with Gasteiger partial charge in [0.05, 0.1) is 25.2 Å². The third kappa shape index (κ3) is 5.45. The van der Waals surface area contributed by atoms with Crippen molar-refractivity contribution in [3.05, 3.63) is 102 Å². The molecular formula is C29H28ClN3O3. The summed E-state index contributed by atoms with van der Waals surface area (Å²) in [7, 11) is 1.64. The number of morpholine rings is 1. The van der Waals surface area contributed by atoms with Crippen molar-refractivity contribution in [2.75, 3.05) is 13.7 Å². The van der Waals surface area contributed by atoms with Crippen LogP contribution >= 0.6 is 11.6 Å². The Balaban J connectivity index is 1.29. The molecule has 1 fully saturated rings. The van der Waals surface area contributed by atoms with Gasteiger partial charge in [0.25, 0.3) is 5.91 Å². The minimum atomic E-state index is -0.562. The van der Waals surface area contributed by atoms with E-state index in [1.54, 1.807) is 13.4 Å². The van der Waals surface area contributed by atoms with Crippen LogP contribution < -0.4 is 4.74 Å². The van der Waals surface area contributed by atoms with Gasteiger partial charge in [-0.05, 0) is 60.0 Å². The number of carbonyl (C=O) groups excluding carboxylic acids is 1. The maximum absolute atomic E-state index is 13.2. The zero-order valence-electron chi connectivity index (χ0n) is 20.3. The molecule has 3 aromatic carbocycles. The summed E-state index contributed by atoms with van der Waals surface area (Å²) in [6.45, 7) is 3.10. The molecule has 1 aliphatic rings. The molecule has 5 rings (SSSR count). The molecule has 1 aromatic heterocycles. The molecule has 0 saturated carbocycles. The van der Waals surface area contributed by atoms with Crippen LogP contribution in [0.1, 0.15) is 18.2 Å². The smallest absolute Gasteiger partial charge is 0.252 e. The number of methoxy groups -OCH3 is 1. The lowest BCUT2D eigenvalue weighted by atomic mass is 10.1. The third-order valence-corrected chi connectivity index (χ3v) is 6.56. The topological polar surface area (TPSA) is 56.6 Å². The first-order chi connectivity index (χ1) is 17.5. The van der Waals surface area contributed by atoms with Crippen LogP contribution in [-0.2, 0) is 22.5 Å². The number of hydrogen-bond donors (Lipinski definition) is 0. The SMILES string of the molecule is COc1ccc(CN2C[C@@H](C)O[C@@H](Cc3cn(-c4cccc(-c5cccc(Cl)c5)c4)cn3)C2=O)cc1. The van der Waals surface area contributed by atoms with E-state index >= 15 is 0 Å². The van der Waals surface area contributed by atoms with E-state index in [9.17, 15) is 4.79 Å². The predicted molar refractivity (Wildman–Crippen MR) is 140 cm³/mol. The van der Waals surface area contributed by atoms with E-state index in [-0.39, 0.29) is 12.0 Å². The molecule has 4 aromatic rings. The number of imidazole rings is 1. The summed E-state index contributed by atoms with van der Waals surface area (Å²) in [5, 5.41) is 0.704. The van der Waals surface area contributed by atoms with Gasteiger partial charge in [0.1, 0.15) is 11.9 Å². The first-order valence-electron chi connectivity index (χ1n) is 11.9. The van der Waals surface area contributed by atoms with Gasteiger partial charge in [0, 0.05) is 36.4 Å². The van der Waals surface area contributed by atoms with Gasteiger partial charge in [-0.25, -0.2) is 4.98 Å². The predicted octanol–water partition coefficient (Wildman–Crippen LogP) is 5.56. The van der Waals surface area contributed by atoms with Gasteiger partial charge in [-0.3, -0.25) is 4.79 Å². The van der Waals surface area contributed by atoms with E-state index < -0.39 is 6.10 Å². The normalized spacial score (nSPS) is 17.9. The molecule has 0 unspecified atom stereocenters. The summed E-state index contributed by atoms with van der Waals surface area (Å²) in [4.78, 5) is 19.7. The van der Waals surface area contributed by atoms with Gasteiger partial charge in [-0.1, -0.05) is 48.0 Å². The van der Waals surface area contributed by atoms with Gasteiger partial charge >= 0.3 is 0 Å². The van der Waals surface area contributed by atoms with Crippen LogP contribution in [0, 0.1) is 0 Å². The average Bonchev–Trinajstić information content (AvgIpc) is 3.36. The second-order valence-corrected chi connectivity index (χ2v) is 9.48. The van der Waals surface area contributed by atoms with E-state index in [1.165, 1.54) is 0 Å². The molecule has 0 spiro atoms. The molecule has 2 atom stereocenters. The Morgan fingerprint density at radius 2 is 1.81 bits per heavy atom. The summed E-state index contributed by atoms with van der Waals surface area (Å²) >= 11 is 6.17. The lowest BCUT2D eigenvalue weighted by Crippen LogP contribution is -2.51. The fraction of sp³-hybridized carbons (Fsp3) is 0.241. The van der Waals surface area contributed by atoms with Crippen LogP contribution in [0.4, 0.5) is 0 Å². The molecular weight excluding hydrogens is 474 g/mol. The van der Waals surface area contributed by atoms with E-state index in [1.807, 2.05) is 83.3 Å². The molecule has 7 heteroatoms. The largest absolute Gasteiger partial charge is 0.497 e. The Hall–Kier alpha value is -3.61. The number of benzene rings is 3. The lowest BCUT2D eigenvalue weighted by Gasteiger charge is -2.36. The van der Waals surface area contributed by atoms with Crippen LogP contribution in [0.2, 0.25) is 5.02 Å². The van der Waals surface area contributed by atoms with Crippen LogP contribution in [0.5, 0.6) is 5.75 Å². The average molecular weight is 502 g/mol. The minimum Gasteiger partial charge on any atom is -0.497 e. The Morgan fingerprint density at radius 3 is 2.56 bits per heavy atom. The second-order valence-electron chi connectivity index (χ2n) is 9.04. The zero-order chi connectivity index (χ0) is 25.1. The highest BCUT2D eigenvalue weighted by atomic mass is 35.5.